The first kappa shape index (κ1) is 42.9. The van der Waals surface area contributed by atoms with Crippen LogP contribution in [0, 0.1) is 0 Å². The van der Waals surface area contributed by atoms with Crippen molar-refractivity contribution < 1.29 is 79.1 Å². The molecule has 0 rings (SSSR count). The molecule has 0 atom stereocenters. The fraction of sp³-hybridized carbons (Fsp3) is 0. The molecular weight excluding hydrogens is 292 g/mol. The van der Waals surface area contributed by atoms with Crippen LogP contribution >= 0.6 is 0 Å². The molecule has 0 aliphatic heterocycles. The molecule has 5 heavy (non-hydrogen) atoms. The van der Waals surface area contributed by atoms with E-state index in [0.717, 1.165) is 0 Å². The molecule has 0 aromatic rings. The molecule has 0 aliphatic carbocycles. The van der Waals surface area contributed by atoms with E-state index >= 15 is 0 Å². The van der Waals surface area contributed by atoms with Crippen molar-refractivity contribution in [1.82, 2.24) is 0 Å². The van der Waals surface area contributed by atoms with Crippen LogP contribution in [-0.4, -0.2) is 17.4 Å². The molecule has 0 fully saturated rings. The second-order valence-electron chi connectivity index (χ2n) is 0. The van der Waals surface area contributed by atoms with E-state index in [1.165, 1.54) is 0 Å². The molecule has 0 saturated carbocycles. The summed E-state index contributed by atoms with van der Waals surface area (Å²) < 4.78 is 0. The second kappa shape index (κ2) is 27.7. The van der Waals surface area contributed by atoms with Gasteiger partial charge in [0.15, 0.2) is 0 Å². The van der Waals surface area contributed by atoms with Crippen LogP contribution in [0.5, 0.6) is 0 Å². The molecule has 0 aromatic carbocycles. The van der Waals surface area contributed by atoms with E-state index in [-0.39, 0.29) is 96.5 Å². The largest absolute Gasteiger partial charge is 0 e. The van der Waals surface area contributed by atoms with Crippen LogP contribution in [0.15, 0.2) is 0 Å². The Bertz CT molecular complexity index is 11.6. The predicted molar refractivity (Wildman–Crippen MR) is 5.75 cm³/mol. The predicted octanol–water partition coefficient (Wildman–Crippen LogP) is -0.391. The SMILES string of the molecule is [Ag].[Al].[Ni].[Ti].[V]. The summed E-state index contributed by atoms with van der Waals surface area (Å²) in [5.74, 6) is 0. The van der Waals surface area contributed by atoms with Gasteiger partial charge in [-0.25, -0.2) is 0 Å². The van der Waals surface area contributed by atoms with Crippen LogP contribution in [-0.2, 0) is 79.1 Å². The van der Waals surface area contributed by atoms with Crippen molar-refractivity contribution in [3.05, 3.63) is 0 Å². The fourth-order valence-electron chi connectivity index (χ4n) is 0. The Morgan fingerprint density at radius 3 is 1.00 bits per heavy atom. The second-order valence-corrected chi connectivity index (χ2v) is 0. The Kier molecular flexibility index (Phi) is 237. The Morgan fingerprint density at radius 2 is 1.00 bits per heavy atom. The van der Waals surface area contributed by atoms with Crippen molar-refractivity contribution in [1.29, 1.82) is 0 Å². The smallest absolute Gasteiger partial charge is 0 e. The van der Waals surface area contributed by atoms with Crippen molar-refractivity contribution in [3.63, 3.8) is 0 Å². The Hall–Kier alpha value is 3.06. The first-order valence-electron chi connectivity index (χ1n) is 0. The van der Waals surface area contributed by atoms with E-state index in [1.54, 1.807) is 0 Å². The quantitative estimate of drug-likeness (QED) is 0.534. The van der Waals surface area contributed by atoms with Crippen LogP contribution < -0.4 is 0 Å². The molecule has 0 unspecified atom stereocenters. The van der Waals surface area contributed by atoms with E-state index in [0.29, 0.717) is 0 Å². The number of hydrogen-bond acceptors (Lipinski definition) is 0. The molecule has 0 bridgehead atoms. The third-order valence-corrected chi connectivity index (χ3v) is 0. The molecular formula is AgAlNiTiV. The van der Waals surface area contributed by atoms with Crippen molar-refractivity contribution >= 4 is 17.4 Å². The number of rotatable bonds is 0. The third kappa shape index (κ3) is 19.3. The summed E-state index contributed by atoms with van der Waals surface area (Å²) in [5, 5.41) is 0. The summed E-state index contributed by atoms with van der Waals surface area (Å²) in [4.78, 5) is 0. The van der Waals surface area contributed by atoms with E-state index < -0.39 is 0 Å². The van der Waals surface area contributed by atoms with Gasteiger partial charge in [0.25, 0.3) is 0 Å². The average Bonchev–Trinajstić information content (AvgIpc) is 0. The molecule has 0 spiro atoms. The normalized spacial score (nSPS) is 0. The summed E-state index contributed by atoms with van der Waals surface area (Å²) in [7, 11) is 0. The van der Waals surface area contributed by atoms with Gasteiger partial charge in [-0.15, -0.1) is 0 Å². The summed E-state index contributed by atoms with van der Waals surface area (Å²) in [6, 6.07) is 0. The summed E-state index contributed by atoms with van der Waals surface area (Å²) in [6.07, 6.45) is 0. The van der Waals surface area contributed by atoms with Crippen LogP contribution in [0.1, 0.15) is 0 Å². The van der Waals surface area contributed by atoms with Gasteiger partial charge in [-0.1, -0.05) is 0 Å². The van der Waals surface area contributed by atoms with Crippen molar-refractivity contribution in [2.24, 2.45) is 0 Å². The van der Waals surface area contributed by atoms with Gasteiger partial charge in [0.2, 0.25) is 0 Å². The molecule has 0 heterocycles. The van der Waals surface area contributed by atoms with Gasteiger partial charge in [0, 0.05) is 96.5 Å². The summed E-state index contributed by atoms with van der Waals surface area (Å²) >= 11 is 0. The van der Waals surface area contributed by atoms with Gasteiger partial charge < -0.3 is 0 Å². The molecule has 0 amide bonds. The van der Waals surface area contributed by atoms with Gasteiger partial charge in [0.05, 0.1) is 0 Å². The van der Waals surface area contributed by atoms with Crippen molar-refractivity contribution in [2.45, 2.75) is 0 Å². The fourth-order valence-corrected chi connectivity index (χ4v) is 0. The van der Waals surface area contributed by atoms with Crippen LogP contribution in [0.2, 0.25) is 0 Å². The standard InChI is InChI=1S/Ag.Al.Ni.Ti.V. The van der Waals surface area contributed by atoms with Crippen molar-refractivity contribution in [3.8, 4) is 0 Å². The van der Waals surface area contributed by atoms with Crippen LogP contribution in [0.4, 0.5) is 0 Å². The maximum absolute atomic E-state index is 0. The van der Waals surface area contributed by atoms with E-state index in [1.807, 2.05) is 0 Å². The Balaban J connectivity index is 0. The zero-order valence-electron chi connectivity index (χ0n) is 2.14. The molecule has 0 N–H and O–H groups in total. The monoisotopic (exact) mass is 291 g/mol. The summed E-state index contributed by atoms with van der Waals surface area (Å²) in [6.45, 7) is 0. The first-order chi connectivity index (χ1) is 0. The first-order valence-corrected chi connectivity index (χ1v) is 0. The molecule has 33 valence electrons. The van der Waals surface area contributed by atoms with Gasteiger partial charge in [-0.05, 0) is 0 Å². The number of hydrogen-bond donors (Lipinski definition) is 0. The minimum atomic E-state index is 0. The molecule has 5 heteroatoms. The third-order valence-electron chi connectivity index (χ3n) is 0. The Labute approximate surface area is 94.9 Å². The maximum Gasteiger partial charge on any atom is 0 e. The van der Waals surface area contributed by atoms with Crippen LogP contribution in [0.25, 0.3) is 0 Å². The summed E-state index contributed by atoms with van der Waals surface area (Å²) in [5.41, 5.74) is 0. The van der Waals surface area contributed by atoms with Gasteiger partial charge >= 0.3 is 0 Å². The molecule has 0 aliphatic rings. The molecule has 0 nitrogen and oxygen atoms in total. The average molecular weight is 292 g/mol. The van der Waals surface area contributed by atoms with Crippen molar-refractivity contribution in [2.75, 3.05) is 0 Å². The van der Waals surface area contributed by atoms with E-state index in [4.69, 9.17) is 0 Å². The van der Waals surface area contributed by atoms with Crippen LogP contribution in [0.3, 0.4) is 0 Å². The maximum atomic E-state index is 0. The Morgan fingerprint density at radius 1 is 1.00 bits per heavy atom. The molecule has 0 saturated heterocycles. The molecule has 5 radical (unpaired) electrons. The van der Waals surface area contributed by atoms with E-state index in [2.05, 4.69) is 0 Å². The topological polar surface area (TPSA) is 0 Å². The minimum Gasteiger partial charge on any atom is 0 e. The zero-order chi connectivity index (χ0) is 0. The van der Waals surface area contributed by atoms with Gasteiger partial charge in [0.1, 0.15) is 0 Å². The van der Waals surface area contributed by atoms with E-state index in [9.17, 15) is 0 Å². The zero-order valence-corrected chi connectivity index (χ0v) is 8.73. The molecule has 0 aromatic heterocycles. The minimum absolute atomic E-state index is 0. The van der Waals surface area contributed by atoms with Gasteiger partial charge in [-0.3, -0.25) is 0 Å². The van der Waals surface area contributed by atoms with Gasteiger partial charge in [-0.2, -0.15) is 0 Å².